The first-order valence-electron chi connectivity index (χ1n) is 5.48. The molecule has 1 atom stereocenters. The summed E-state index contributed by atoms with van der Waals surface area (Å²) in [5.74, 6) is -3.02. The van der Waals surface area contributed by atoms with Crippen molar-refractivity contribution >= 4 is 11.9 Å². The second-order valence-corrected chi connectivity index (χ2v) is 4.50. The lowest BCUT2D eigenvalue weighted by molar-refractivity contribution is -0.147. The summed E-state index contributed by atoms with van der Waals surface area (Å²) >= 11 is 0. The fourth-order valence-electron chi connectivity index (χ4n) is 2.44. The number of carbonyl (C=O) groups is 2. The monoisotopic (exact) mass is 250 g/mol. The van der Waals surface area contributed by atoms with Crippen molar-refractivity contribution in [2.24, 2.45) is 0 Å². The van der Waals surface area contributed by atoms with E-state index in [1.54, 1.807) is 19.9 Å². The highest BCUT2D eigenvalue weighted by Crippen LogP contribution is 2.39. The van der Waals surface area contributed by atoms with Crippen molar-refractivity contribution in [3.63, 3.8) is 0 Å². The van der Waals surface area contributed by atoms with Crippen LogP contribution >= 0.6 is 0 Å². The van der Waals surface area contributed by atoms with E-state index in [0.29, 0.717) is 16.7 Å². The Labute approximate surface area is 104 Å². The summed E-state index contributed by atoms with van der Waals surface area (Å²) in [6.45, 7) is 4.84. The number of hydrogen-bond donors (Lipinski definition) is 1. The number of aliphatic hydroxyl groups is 1. The molecule has 1 aromatic carbocycles. The van der Waals surface area contributed by atoms with E-state index in [1.165, 1.54) is 14.0 Å². The van der Waals surface area contributed by atoms with Gasteiger partial charge in [0, 0.05) is 12.5 Å². The van der Waals surface area contributed by atoms with Crippen molar-refractivity contribution in [3.05, 3.63) is 33.9 Å². The normalized spacial score (nSPS) is 21.5. The molecule has 5 nitrogen and oxygen atoms in total. The first kappa shape index (κ1) is 12.6. The molecule has 1 unspecified atom stereocenters. The fraction of sp³-hybridized carbons (Fsp3) is 0.385. The average molecular weight is 250 g/mol. The number of fused-ring (bicyclic) bond motifs is 1. The van der Waals surface area contributed by atoms with Crippen LogP contribution in [0.15, 0.2) is 6.07 Å². The van der Waals surface area contributed by atoms with E-state index in [4.69, 9.17) is 4.74 Å². The molecule has 0 radical (unpaired) electrons. The molecule has 0 amide bonds. The molecule has 0 saturated heterocycles. The zero-order chi connectivity index (χ0) is 13.7. The van der Waals surface area contributed by atoms with Crippen molar-refractivity contribution in [3.8, 4) is 0 Å². The third kappa shape index (κ3) is 1.59. The van der Waals surface area contributed by atoms with Crippen LogP contribution < -0.4 is 0 Å². The highest BCUT2D eigenvalue weighted by Gasteiger charge is 2.44. The van der Waals surface area contributed by atoms with Gasteiger partial charge in [0.05, 0.1) is 18.2 Å². The van der Waals surface area contributed by atoms with Crippen LogP contribution in [-0.4, -0.2) is 24.2 Å². The van der Waals surface area contributed by atoms with Crippen LogP contribution in [0.1, 0.15) is 44.3 Å². The van der Waals surface area contributed by atoms with Gasteiger partial charge >= 0.3 is 11.9 Å². The van der Waals surface area contributed by atoms with Gasteiger partial charge in [0.15, 0.2) is 0 Å². The Balaban J connectivity index is 2.84. The molecule has 1 heterocycles. The second-order valence-electron chi connectivity index (χ2n) is 4.50. The summed E-state index contributed by atoms with van der Waals surface area (Å²) in [7, 11) is 1.24. The van der Waals surface area contributed by atoms with Crippen molar-refractivity contribution < 1.29 is 24.2 Å². The predicted octanol–water partition coefficient (Wildman–Crippen LogP) is 1.43. The van der Waals surface area contributed by atoms with Gasteiger partial charge in [-0.15, -0.1) is 0 Å². The van der Waals surface area contributed by atoms with Gasteiger partial charge in [-0.25, -0.2) is 9.59 Å². The van der Waals surface area contributed by atoms with Crippen LogP contribution in [0.2, 0.25) is 0 Å². The van der Waals surface area contributed by atoms with E-state index in [9.17, 15) is 14.7 Å². The maximum absolute atomic E-state index is 11.8. The molecule has 0 fully saturated rings. The second kappa shape index (κ2) is 3.81. The number of carbonyl (C=O) groups excluding carboxylic acids is 2. The number of methoxy groups -OCH3 is 1. The maximum Gasteiger partial charge on any atom is 0.342 e. The van der Waals surface area contributed by atoms with Gasteiger partial charge in [0.1, 0.15) is 0 Å². The van der Waals surface area contributed by atoms with Crippen LogP contribution in [0.25, 0.3) is 0 Å². The van der Waals surface area contributed by atoms with Gasteiger partial charge in [0.25, 0.3) is 0 Å². The van der Waals surface area contributed by atoms with E-state index in [0.717, 1.165) is 0 Å². The van der Waals surface area contributed by atoms with Crippen molar-refractivity contribution in [1.29, 1.82) is 0 Å². The summed E-state index contributed by atoms with van der Waals surface area (Å²) < 4.78 is 9.57. The van der Waals surface area contributed by atoms with E-state index in [-0.39, 0.29) is 11.1 Å². The average Bonchev–Trinajstić information content (AvgIpc) is 2.48. The number of cyclic esters (lactones) is 1. The minimum absolute atomic E-state index is 0.101. The van der Waals surface area contributed by atoms with Crippen LogP contribution in [0, 0.1) is 13.8 Å². The Kier molecular flexibility index (Phi) is 2.66. The number of esters is 2. The largest absolute Gasteiger partial charge is 0.465 e. The summed E-state index contributed by atoms with van der Waals surface area (Å²) in [6, 6.07) is 1.72. The van der Waals surface area contributed by atoms with Gasteiger partial charge < -0.3 is 14.6 Å². The summed E-state index contributed by atoms with van der Waals surface area (Å²) in [5, 5.41) is 10.1. The lowest BCUT2D eigenvalue weighted by Gasteiger charge is -2.18. The maximum atomic E-state index is 11.8. The van der Waals surface area contributed by atoms with Crippen LogP contribution in [0.5, 0.6) is 0 Å². The quantitative estimate of drug-likeness (QED) is 0.763. The van der Waals surface area contributed by atoms with Gasteiger partial charge in [-0.1, -0.05) is 6.07 Å². The molecule has 1 aliphatic rings. The number of benzene rings is 1. The van der Waals surface area contributed by atoms with Gasteiger partial charge in [0.2, 0.25) is 5.79 Å². The molecule has 0 saturated carbocycles. The van der Waals surface area contributed by atoms with E-state index in [1.807, 2.05) is 0 Å². The molecule has 1 N–H and O–H groups in total. The zero-order valence-corrected chi connectivity index (χ0v) is 10.7. The Bertz CT molecular complexity index is 557. The number of hydrogen-bond acceptors (Lipinski definition) is 5. The lowest BCUT2D eigenvalue weighted by Crippen LogP contribution is -2.21. The van der Waals surface area contributed by atoms with Crippen LogP contribution in [0.4, 0.5) is 0 Å². The first-order chi connectivity index (χ1) is 8.29. The summed E-state index contributed by atoms with van der Waals surface area (Å²) in [5.41, 5.74) is 1.91. The van der Waals surface area contributed by atoms with Gasteiger partial charge in [-0.2, -0.15) is 0 Å². The van der Waals surface area contributed by atoms with Crippen molar-refractivity contribution in [2.75, 3.05) is 7.11 Å². The minimum atomic E-state index is -1.70. The highest BCUT2D eigenvalue weighted by molar-refractivity contribution is 6.07. The van der Waals surface area contributed by atoms with E-state index < -0.39 is 17.7 Å². The fourth-order valence-corrected chi connectivity index (χ4v) is 2.44. The zero-order valence-electron chi connectivity index (χ0n) is 10.7. The SMILES string of the molecule is COC(=O)c1c(C)cc(C)c2c1C(=O)OC2(C)O. The molecule has 0 bridgehead atoms. The van der Waals surface area contributed by atoms with Crippen LogP contribution in [-0.2, 0) is 15.3 Å². The molecule has 96 valence electrons. The molecule has 18 heavy (non-hydrogen) atoms. The topological polar surface area (TPSA) is 72.8 Å². The molecule has 0 spiro atoms. The Morgan fingerprint density at radius 2 is 2.00 bits per heavy atom. The molecule has 5 heteroatoms. The summed E-state index contributed by atoms with van der Waals surface area (Å²) in [4.78, 5) is 23.6. The van der Waals surface area contributed by atoms with Gasteiger partial charge in [-0.05, 0) is 25.0 Å². The van der Waals surface area contributed by atoms with Gasteiger partial charge in [-0.3, -0.25) is 0 Å². The van der Waals surface area contributed by atoms with E-state index in [2.05, 4.69) is 4.74 Å². The van der Waals surface area contributed by atoms with Crippen LogP contribution in [0.3, 0.4) is 0 Å². The van der Waals surface area contributed by atoms with Crippen molar-refractivity contribution in [2.45, 2.75) is 26.6 Å². The van der Waals surface area contributed by atoms with E-state index >= 15 is 0 Å². The molecule has 1 aliphatic heterocycles. The molecular formula is C13H14O5. The Hall–Kier alpha value is -1.88. The Morgan fingerprint density at radius 3 is 2.56 bits per heavy atom. The first-order valence-corrected chi connectivity index (χ1v) is 5.48. The summed E-state index contributed by atoms with van der Waals surface area (Å²) in [6.07, 6.45) is 0. The number of rotatable bonds is 1. The molecule has 0 aliphatic carbocycles. The molecular weight excluding hydrogens is 236 g/mol. The number of ether oxygens (including phenoxy) is 2. The predicted molar refractivity (Wildman–Crippen MR) is 62.2 cm³/mol. The third-order valence-corrected chi connectivity index (χ3v) is 3.07. The molecule has 2 rings (SSSR count). The standard InChI is InChI=1S/C13H14O5/c1-6-5-7(2)10-9(8(6)11(14)17-4)12(15)18-13(10,3)16/h5,16H,1-4H3. The lowest BCUT2D eigenvalue weighted by atomic mass is 9.90. The van der Waals surface area contributed by atoms with Crippen molar-refractivity contribution in [1.82, 2.24) is 0 Å². The third-order valence-electron chi connectivity index (χ3n) is 3.07. The smallest absolute Gasteiger partial charge is 0.342 e. The number of aryl methyl sites for hydroxylation is 2. The minimum Gasteiger partial charge on any atom is -0.465 e. The Morgan fingerprint density at radius 1 is 1.39 bits per heavy atom. The molecule has 1 aromatic rings. The highest BCUT2D eigenvalue weighted by atomic mass is 16.7. The molecule has 0 aromatic heterocycles.